The fourth-order valence-electron chi connectivity index (χ4n) is 1.28. The predicted octanol–water partition coefficient (Wildman–Crippen LogP) is -0.0103. The largest absolute Gasteiger partial charge is 0.232 e. The van der Waals surface area contributed by atoms with Gasteiger partial charge >= 0.3 is 0 Å². The van der Waals surface area contributed by atoms with E-state index in [1.165, 1.54) is 0 Å². The molecular formula is C5H9ClO4S2. The Morgan fingerprint density at radius 2 is 2.00 bits per heavy atom. The van der Waals surface area contributed by atoms with Gasteiger partial charge in [0.2, 0.25) is 9.05 Å². The number of hydrogen-bond donors (Lipinski definition) is 0. The summed E-state index contributed by atoms with van der Waals surface area (Å²) >= 11 is 0. The van der Waals surface area contributed by atoms with Crippen LogP contribution in [0.1, 0.15) is 6.42 Å². The molecular weight excluding hydrogens is 224 g/mol. The monoisotopic (exact) mass is 232 g/mol. The number of hydrogen-bond acceptors (Lipinski definition) is 4. The zero-order chi connectivity index (χ0) is 9.41. The minimum atomic E-state index is -3.55. The standard InChI is InChI=1S/C5H9ClO4S2/c6-12(9,10)4-5-1-2-11(7,8)3-5/h5H,1-4H2/t5-/m0/s1. The second-order valence-corrected chi connectivity index (χ2v) is 8.02. The second kappa shape index (κ2) is 3.16. The molecule has 1 fully saturated rings. The fraction of sp³-hybridized carbons (Fsp3) is 1.00. The van der Waals surface area contributed by atoms with E-state index < -0.39 is 18.9 Å². The lowest BCUT2D eigenvalue weighted by molar-refractivity contribution is 0.585. The molecule has 72 valence electrons. The summed E-state index contributed by atoms with van der Waals surface area (Å²) in [6.07, 6.45) is 0.411. The van der Waals surface area contributed by atoms with Crippen molar-refractivity contribution in [3.63, 3.8) is 0 Å². The molecule has 0 spiro atoms. The van der Waals surface area contributed by atoms with Gasteiger partial charge in [0.15, 0.2) is 9.84 Å². The van der Waals surface area contributed by atoms with Crippen LogP contribution in [0.25, 0.3) is 0 Å². The molecule has 0 unspecified atom stereocenters. The fourth-order valence-corrected chi connectivity index (χ4v) is 4.68. The molecule has 0 amide bonds. The van der Waals surface area contributed by atoms with E-state index in [-0.39, 0.29) is 23.2 Å². The van der Waals surface area contributed by atoms with Gasteiger partial charge in [0.1, 0.15) is 0 Å². The van der Waals surface area contributed by atoms with Gasteiger partial charge in [0.05, 0.1) is 17.3 Å². The van der Waals surface area contributed by atoms with Gasteiger partial charge in [0.25, 0.3) is 0 Å². The lowest BCUT2D eigenvalue weighted by Gasteiger charge is -2.01. The van der Waals surface area contributed by atoms with Gasteiger partial charge in [-0.25, -0.2) is 16.8 Å². The molecule has 1 rings (SSSR count). The van der Waals surface area contributed by atoms with Crippen molar-refractivity contribution in [2.45, 2.75) is 6.42 Å². The van der Waals surface area contributed by atoms with Crippen molar-refractivity contribution in [3.05, 3.63) is 0 Å². The van der Waals surface area contributed by atoms with Crippen molar-refractivity contribution in [2.24, 2.45) is 5.92 Å². The molecule has 1 saturated heterocycles. The average molecular weight is 233 g/mol. The highest BCUT2D eigenvalue weighted by Crippen LogP contribution is 2.20. The molecule has 4 nitrogen and oxygen atoms in total. The lowest BCUT2D eigenvalue weighted by atomic mass is 10.2. The molecule has 1 aliphatic heterocycles. The third-order valence-corrected chi connectivity index (χ3v) is 4.85. The van der Waals surface area contributed by atoms with Gasteiger partial charge < -0.3 is 0 Å². The number of sulfone groups is 1. The van der Waals surface area contributed by atoms with Gasteiger partial charge in [-0.15, -0.1) is 0 Å². The topological polar surface area (TPSA) is 68.3 Å². The summed E-state index contributed by atoms with van der Waals surface area (Å²) in [6, 6.07) is 0. The van der Waals surface area contributed by atoms with E-state index in [9.17, 15) is 16.8 Å². The Morgan fingerprint density at radius 1 is 1.42 bits per heavy atom. The minimum absolute atomic E-state index is 0.0427. The number of halogens is 1. The van der Waals surface area contributed by atoms with E-state index >= 15 is 0 Å². The molecule has 0 saturated carbocycles. The summed E-state index contributed by atoms with van der Waals surface area (Å²) in [4.78, 5) is 0. The van der Waals surface area contributed by atoms with Crippen LogP contribution in [0.4, 0.5) is 0 Å². The van der Waals surface area contributed by atoms with Crippen LogP contribution in [0.15, 0.2) is 0 Å². The first-order valence-electron chi connectivity index (χ1n) is 3.41. The molecule has 1 atom stereocenters. The summed E-state index contributed by atoms with van der Waals surface area (Å²) in [5.74, 6) is -0.492. The zero-order valence-corrected chi connectivity index (χ0v) is 8.62. The van der Waals surface area contributed by atoms with Gasteiger partial charge in [-0.1, -0.05) is 0 Å². The molecule has 0 bridgehead atoms. The molecule has 0 aromatic carbocycles. The van der Waals surface area contributed by atoms with Gasteiger partial charge in [-0.3, -0.25) is 0 Å². The maximum absolute atomic E-state index is 10.9. The Labute approximate surface area is 76.3 Å². The molecule has 0 aliphatic carbocycles. The van der Waals surface area contributed by atoms with Crippen LogP contribution in [0.3, 0.4) is 0 Å². The molecule has 0 aromatic heterocycles. The molecule has 0 N–H and O–H groups in total. The summed E-state index contributed by atoms with van der Waals surface area (Å²) < 4.78 is 42.9. The van der Waals surface area contributed by atoms with Crippen molar-refractivity contribution in [1.82, 2.24) is 0 Å². The average Bonchev–Trinajstić information content (AvgIpc) is 2.05. The van der Waals surface area contributed by atoms with E-state index in [2.05, 4.69) is 0 Å². The SMILES string of the molecule is O=S(=O)(Cl)C[C@H]1CCS(=O)(=O)C1. The minimum Gasteiger partial charge on any atom is -0.229 e. The zero-order valence-electron chi connectivity index (χ0n) is 6.23. The van der Waals surface area contributed by atoms with E-state index in [1.54, 1.807) is 0 Å². The van der Waals surface area contributed by atoms with Crippen molar-refractivity contribution in [2.75, 3.05) is 17.3 Å². The van der Waals surface area contributed by atoms with Crippen LogP contribution in [-0.2, 0) is 18.9 Å². The van der Waals surface area contributed by atoms with Crippen molar-refractivity contribution in [1.29, 1.82) is 0 Å². The lowest BCUT2D eigenvalue weighted by Crippen LogP contribution is -2.13. The second-order valence-electron chi connectivity index (χ2n) is 2.97. The van der Waals surface area contributed by atoms with Crippen LogP contribution in [0.5, 0.6) is 0 Å². The maximum atomic E-state index is 10.9. The first-order valence-corrected chi connectivity index (χ1v) is 7.71. The van der Waals surface area contributed by atoms with Crippen molar-refractivity contribution in [3.8, 4) is 0 Å². The van der Waals surface area contributed by atoms with Gasteiger partial charge in [0, 0.05) is 10.7 Å². The Balaban J connectivity index is 2.61. The summed E-state index contributed by atoms with van der Waals surface area (Å²) in [6.45, 7) is 0. The highest BCUT2D eigenvalue weighted by Gasteiger charge is 2.30. The molecule has 1 heterocycles. The first-order chi connectivity index (χ1) is 5.29. The molecule has 7 heteroatoms. The van der Waals surface area contributed by atoms with Crippen LogP contribution in [-0.4, -0.2) is 34.1 Å². The van der Waals surface area contributed by atoms with E-state index in [4.69, 9.17) is 10.7 Å². The maximum Gasteiger partial charge on any atom is 0.232 e. The third-order valence-electron chi connectivity index (χ3n) is 1.76. The van der Waals surface area contributed by atoms with Crippen LogP contribution in [0, 0.1) is 5.92 Å². The smallest absolute Gasteiger partial charge is 0.229 e. The normalized spacial score (nSPS) is 28.9. The van der Waals surface area contributed by atoms with E-state index in [0.717, 1.165) is 0 Å². The Hall–Kier alpha value is 0.190. The predicted molar refractivity (Wildman–Crippen MR) is 46.4 cm³/mol. The third kappa shape index (κ3) is 3.28. The van der Waals surface area contributed by atoms with Crippen LogP contribution in [0.2, 0.25) is 0 Å². The first kappa shape index (κ1) is 10.3. The summed E-state index contributed by atoms with van der Waals surface area (Å²) in [7, 11) is -1.56. The Kier molecular flexibility index (Phi) is 2.70. The van der Waals surface area contributed by atoms with Crippen molar-refractivity contribution < 1.29 is 16.8 Å². The highest BCUT2D eigenvalue weighted by molar-refractivity contribution is 8.13. The van der Waals surface area contributed by atoms with Crippen LogP contribution < -0.4 is 0 Å². The summed E-state index contributed by atoms with van der Waals surface area (Å²) in [5.41, 5.74) is 0. The Morgan fingerprint density at radius 3 is 2.33 bits per heavy atom. The Bertz CT molecular complexity index is 355. The van der Waals surface area contributed by atoms with Gasteiger partial charge in [-0.05, 0) is 12.3 Å². The highest BCUT2D eigenvalue weighted by atomic mass is 35.7. The quantitative estimate of drug-likeness (QED) is 0.628. The molecule has 0 aromatic rings. The van der Waals surface area contributed by atoms with Gasteiger partial charge in [-0.2, -0.15) is 0 Å². The van der Waals surface area contributed by atoms with Crippen LogP contribution >= 0.6 is 10.7 Å². The van der Waals surface area contributed by atoms with E-state index in [0.29, 0.717) is 6.42 Å². The molecule has 12 heavy (non-hydrogen) atoms. The number of rotatable bonds is 2. The molecule has 1 aliphatic rings. The molecule has 0 radical (unpaired) electrons. The summed E-state index contributed by atoms with van der Waals surface area (Å²) in [5, 5.41) is 0. The van der Waals surface area contributed by atoms with Crippen molar-refractivity contribution >= 4 is 29.6 Å². The van der Waals surface area contributed by atoms with E-state index in [1.807, 2.05) is 0 Å².